The first-order valence-corrected chi connectivity index (χ1v) is 5.41. The van der Waals surface area contributed by atoms with Crippen LogP contribution >= 0.6 is 22.6 Å². The maximum Gasteiger partial charge on any atom is 0.343 e. The molecular weight excluding hydrogens is 307 g/mol. The van der Waals surface area contributed by atoms with Crippen molar-refractivity contribution < 1.29 is 14.6 Å². The summed E-state index contributed by atoms with van der Waals surface area (Å²) in [6, 6.07) is 9.12. The van der Waals surface area contributed by atoms with Crippen LogP contribution in [0.15, 0.2) is 40.0 Å². The molecular formula is C11H11IO3. The van der Waals surface area contributed by atoms with Gasteiger partial charge in [-0.15, -0.1) is 0 Å². The minimum atomic E-state index is -0.780. The number of hydrogen-bond acceptors (Lipinski definition) is 3. The number of aliphatic hydroxyl groups is 1. The Bertz CT molecular complexity index is 359. The van der Waals surface area contributed by atoms with E-state index in [1.807, 2.05) is 40.8 Å². The standard InChI is InChI=1S/C11H11IO3/c1-15-11(14)9(12)7-10(13)8-5-3-2-4-6-8/h2-7,10,13H,1H3/b9-7-. The van der Waals surface area contributed by atoms with Crippen molar-refractivity contribution >= 4 is 28.6 Å². The SMILES string of the molecule is COC(=O)/C(I)=C/C(O)c1ccccc1. The molecule has 1 N–H and O–H groups in total. The van der Waals surface area contributed by atoms with Gasteiger partial charge in [-0.25, -0.2) is 4.79 Å². The van der Waals surface area contributed by atoms with Crippen LogP contribution in [0, 0.1) is 0 Å². The summed E-state index contributed by atoms with van der Waals surface area (Å²) in [5.41, 5.74) is 0.746. The molecule has 0 aromatic heterocycles. The Kier molecular flexibility index (Phi) is 4.77. The average molecular weight is 318 g/mol. The highest BCUT2D eigenvalue weighted by atomic mass is 127. The smallest absolute Gasteiger partial charge is 0.343 e. The van der Waals surface area contributed by atoms with E-state index in [1.54, 1.807) is 12.1 Å². The van der Waals surface area contributed by atoms with E-state index in [1.165, 1.54) is 13.2 Å². The summed E-state index contributed by atoms with van der Waals surface area (Å²) in [5, 5.41) is 9.75. The van der Waals surface area contributed by atoms with Crippen molar-refractivity contribution in [2.24, 2.45) is 0 Å². The molecule has 0 saturated carbocycles. The van der Waals surface area contributed by atoms with Crippen LogP contribution in [0.5, 0.6) is 0 Å². The lowest BCUT2D eigenvalue weighted by atomic mass is 10.1. The molecule has 0 saturated heterocycles. The van der Waals surface area contributed by atoms with Crippen molar-refractivity contribution in [3.63, 3.8) is 0 Å². The molecule has 15 heavy (non-hydrogen) atoms. The molecule has 1 unspecified atom stereocenters. The Balaban J connectivity index is 2.79. The van der Waals surface area contributed by atoms with Gasteiger partial charge in [-0.05, 0) is 34.2 Å². The van der Waals surface area contributed by atoms with Crippen LogP contribution < -0.4 is 0 Å². The molecule has 0 amide bonds. The van der Waals surface area contributed by atoms with E-state index in [0.717, 1.165) is 5.56 Å². The lowest BCUT2D eigenvalue weighted by molar-refractivity contribution is -0.135. The first kappa shape index (κ1) is 12.2. The van der Waals surface area contributed by atoms with Gasteiger partial charge in [0, 0.05) is 0 Å². The van der Waals surface area contributed by atoms with Crippen molar-refractivity contribution in [2.45, 2.75) is 6.10 Å². The Hall–Kier alpha value is -0.880. The third kappa shape index (κ3) is 3.64. The van der Waals surface area contributed by atoms with Crippen molar-refractivity contribution in [3.05, 3.63) is 45.6 Å². The number of benzene rings is 1. The molecule has 0 fully saturated rings. The molecule has 0 heterocycles. The van der Waals surface area contributed by atoms with Gasteiger partial charge >= 0.3 is 5.97 Å². The quantitative estimate of drug-likeness (QED) is 0.528. The average Bonchev–Trinajstić information content (AvgIpc) is 2.29. The summed E-state index contributed by atoms with van der Waals surface area (Å²) in [4.78, 5) is 11.1. The number of ether oxygens (including phenoxy) is 1. The summed E-state index contributed by atoms with van der Waals surface area (Å²) in [5.74, 6) is -0.439. The molecule has 0 aliphatic rings. The Morgan fingerprint density at radius 3 is 2.60 bits per heavy atom. The fraction of sp³-hybridized carbons (Fsp3) is 0.182. The van der Waals surface area contributed by atoms with Gasteiger partial charge in [0.05, 0.1) is 16.8 Å². The van der Waals surface area contributed by atoms with E-state index in [2.05, 4.69) is 4.74 Å². The van der Waals surface area contributed by atoms with Gasteiger partial charge in [-0.3, -0.25) is 0 Å². The zero-order chi connectivity index (χ0) is 11.3. The number of aliphatic hydroxyl groups excluding tert-OH is 1. The second-order valence-corrected chi connectivity index (χ2v) is 4.02. The van der Waals surface area contributed by atoms with Crippen molar-refractivity contribution in [1.82, 2.24) is 0 Å². The molecule has 1 atom stereocenters. The van der Waals surface area contributed by atoms with Crippen LogP contribution in [0.2, 0.25) is 0 Å². The molecule has 3 nitrogen and oxygen atoms in total. The summed E-state index contributed by atoms with van der Waals surface area (Å²) in [7, 11) is 1.31. The van der Waals surface area contributed by atoms with Crippen LogP contribution in [-0.2, 0) is 9.53 Å². The highest BCUT2D eigenvalue weighted by Gasteiger charge is 2.09. The van der Waals surface area contributed by atoms with Gasteiger partial charge in [-0.1, -0.05) is 30.3 Å². The minimum absolute atomic E-state index is 0.367. The van der Waals surface area contributed by atoms with E-state index >= 15 is 0 Å². The minimum Gasteiger partial charge on any atom is -0.465 e. The zero-order valence-corrected chi connectivity index (χ0v) is 10.3. The van der Waals surface area contributed by atoms with Crippen molar-refractivity contribution in [3.8, 4) is 0 Å². The number of esters is 1. The second kappa shape index (κ2) is 5.87. The van der Waals surface area contributed by atoms with Crippen LogP contribution in [0.25, 0.3) is 0 Å². The first-order valence-electron chi connectivity index (χ1n) is 4.34. The molecule has 1 aromatic rings. The largest absolute Gasteiger partial charge is 0.465 e. The fourth-order valence-corrected chi connectivity index (χ4v) is 1.61. The Morgan fingerprint density at radius 1 is 1.47 bits per heavy atom. The predicted octanol–water partition coefficient (Wildman–Crippen LogP) is 2.21. The first-order chi connectivity index (χ1) is 7.15. The highest BCUT2D eigenvalue weighted by Crippen LogP contribution is 2.18. The maximum atomic E-state index is 11.1. The van der Waals surface area contributed by atoms with Crippen molar-refractivity contribution in [1.29, 1.82) is 0 Å². The number of methoxy groups -OCH3 is 1. The van der Waals surface area contributed by atoms with Crippen LogP contribution in [-0.4, -0.2) is 18.2 Å². The monoisotopic (exact) mass is 318 g/mol. The molecule has 1 aromatic carbocycles. The van der Waals surface area contributed by atoms with Gasteiger partial charge in [0.1, 0.15) is 0 Å². The lowest BCUT2D eigenvalue weighted by Crippen LogP contribution is -2.02. The van der Waals surface area contributed by atoms with Gasteiger partial charge in [-0.2, -0.15) is 0 Å². The molecule has 0 radical (unpaired) electrons. The van der Waals surface area contributed by atoms with E-state index in [-0.39, 0.29) is 0 Å². The van der Waals surface area contributed by atoms with Gasteiger partial charge in [0.25, 0.3) is 0 Å². The number of hydrogen-bond donors (Lipinski definition) is 1. The van der Waals surface area contributed by atoms with Crippen LogP contribution in [0.4, 0.5) is 0 Å². The zero-order valence-electron chi connectivity index (χ0n) is 8.18. The normalized spacial score (nSPS) is 13.4. The maximum absolute atomic E-state index is 11.1. The topological polar surface area (TPSA) is 46.5 Å². The van der Waals surface area contributed by atoms with Crippen LogP contribution in [0.1, 0.15) is 11.7 Å². The third-order valence-corrected chi connectivity index (χ3v) is 2.63. The summed E-state index contributed by atoms with van der Waals surface area (Å²) in [6.45, 7) is 0. The third-order valence-electron chi connectivity index (χ3n) is 1.83. The van der Waals surface area contributed by atoms with E-state index in [9.17, 15) is 9.90 Å². The molecule has 0 aliphatic heterocycles. The van der Waals surface area contributed by atoms with E-state index < -0.39 is 12.1 Å². The fourth-order valence-electron chi connectivity index (χ4n) is 1.05. The van der Waals surface area contributed by atoms with Gasteiger partial charge < -0.3 is 9.84 Å². The van der Waals surface area contributed by atoms with E-state index in [0.29, 0.717) is 3.58 Å². The predicted molar refractivity (Wildman–Crippen MR) is 65.5 cm³/mol. The molecule has 4 heteroatoms. The van der Waals surface area contributed by atoms with Crippen LogP contribution in [0.3, 0.4) is 0 Å². The molecule has 0 spiro atoms. The second-order valence-electron chi connectivity index (χ2n) is 2.86. The highest BCUT2D eigenvalue weighted by molar-refractivity contribution is 14.1. The Morgan fingerprint density at radius 2 is 2.07 bits per heavy atom. The summed E-state index contributed by atoms with van der Waals surface area (Å²) >= 11 is 1.84. The lowest BCUT2D eigenvalue weighted by Gasteiger charge is -2.06. The molecule has 0 aliphatic carbocycles. The number of halogens is 1. The summed E-state index contributed by atoms with van der Waals surface area (Å²) in [6.07, 6.45) is 0.680. The molecule has 0 bridgehead atoms. The van der Waals surface area contributed by atoms with Gasteiger partial charge in [0.2, 0.25) is 0 Å². The van der Waals surface area contributed by atoms with Crippen molar-refractivity contribution in [2.75, 3.05) is 7.11 Å². The molecule has 80 valence electrons. The Labute approximate surface area is 102 Å². The number of carbonyl (C=O) groups excluding carboxylic acids is 1. The molecule has 1 rings (SSSR count). The van der Waals surface area contributed by atoms with E-state index in [4.69, 9.17) is 0 Å². The number of rotatable bonds is 3. The summed E-state index contributed by atoms with van der Waals surface area (Å²) < 4.78 is 4.89. The number of carbonyl (C=O) groups is 1. The van der Waals surface area contributed by atoms with Gasteiger partial charge in [0.15, 0.2) is 0 Å².